The smallest absolute Gasteiger partial charge is 0.325 e. The third kappa shape index (κ3) is 3.54. The molecule has 104 valence electrons. The third-order valence-electron chi connectivity index (χ3n) is 3.18. The van der Waals surface area contributed by atoms with Gasteiger partial charge in [-0.15, -0.1) is 0 Å². The highest BCUT2D eigenvalue weighted by Gasteiger charge is 2.28. The summed E-state index contributed by atoms with van der Waals surface area (Å²) in [7, 11) is 0. The Morgan fingerprint density at radius 3 is 3.11 bits per heavy atom. The van der Waals surface area contributed by atoms with Crippen LogP contribution >= 0.6 is 0 Å². The highest BCUT2D eigenvalue weighted by Crippen LogP contribution is 2.22. The van der Waals surface area contributed by atoms with Crippen molar-refractivity contribution in [3.8, 4) is 0 Å². The van der Waals surface area contributed by atoms with Crippen molar-refractivity contribution in [2.45, 2.75) is 19.9 Å². The highest BCUT2D eigenvalue weighted by atomic mass is 16.5. The molecule has 2 rings (SSSR count). The van der Waals surface area contributed by atoms with Crippen LogP contribution in [0.3, 0.4) is 0 Å². The maximum Gasteiger partial charge on any atom is 0.325 e. The van der Waals surface area contributed by atoms with E-state index in [1.54, 1.807) is 0 Å². The molecule has 0 saturated carbocycles. The SMILES string of the molecule is CC1COCCC1C(=O)Nc1cnn(CC(=O)O)c1. The number of carbonyl (C=O) groups is 2. The molecule has 2 N–H and O–H groups in total. The summed E-state index contributed by atoms with van der Waals surface area (Å²) < 4.78 is 6.57. The Morgan fingerprint density at radius 2 is 2.42 bits per heavy atom. The van der Waals surface area contributed by atoms with Crippen LogP contribution in [0.5, 0.6) is 0 Å². The standard InChI is InChI=1S/C12H17N3O4/c1-8-7-19-3-2-10(8)12(18)14-9-4-13-15(5-9)6-11(16)17/h4-5,8,10H,2-3,6-7H2,1H3,(H,14,18)(H,16,17). The van der Waals surface area contributed by atoms with Gasteiger partial charge in [0.15, 0.2) is 0 Å². The molecule has 7 heteroatoms. The second-order valence-electron chi connectivity index (χ2n) is 4.76. The maximum absolute atomic E-state index is 12.1. The zero-order valence-electron chi connectivity index (χ0n) is 10.7. The summed E-state index contributed by atoms with van der Waals surface area (Å²) in [6, 6.07) is 0. The van der Waals surface area contributed by atoms with Crippen molar-refractivity contribution in [2.24, 2.45) is 11.8 Å². The fourth-order valence-corrected chi connectivity index (χ4v) is 2.16. The maximum atomic E-state index is 12.1. The second kappa shape index (κ2) is 5.83. The lowest BCUT2D eigenvalue weighted by atomic mass is 9.89. The van der Waals surface area contributed by atoms with Gasteiger partial charge in [0, 0.05) is 25.3 Å². The van der Waals surface area contributed by atoms with Gasteiger partial charge in [-0.2, -0.15) is 5.10 Å². The van der Waals surface area contributed by atoms with E-state index in [2.05, 4.69) is 10.4 Å². The monoisotopic (exact) mass is 267 g/mol. The molecule has 0 radical (unpaired) electrons. The number of aromatic nitrogens is 2. The molecule has 0 spiro atoms. The van der Waals surface area contributed by atoms with Crippen molar-refractivity contribution >= 4 is 17.6 Å². The van der Waals surface area contributed by atoms with Crippen molar-refractivity contribution in [1.82, 2.24) is 9.78 Å². The number of rotatable bonds is 4. The number of hydrogen-bond acceptors (Lipinski definition) is 4. The molecule has 7 nitrogen and oxygen atoms in total. The Balaban J connectivity index is 1.94. The van der Waals surface area contributed by atoms with Crippen LogP contribution in [-0.2, 0) is 20.9 Å². The predicted molar refractivity (Wildman–Crippen MR) is 66.6 cm³/mol. The molecule has 1 aromatic rings. The van der Waals surface area contributed by atoms with Gasteiger partial charge in [-0.3, -0.25) is 14.3 Å². The van der Waals surface area contributed by atoms with Gasteiger partial charge >= 0.3 is 5.97 Å². The number of anilines is 1. The van der Waals surface area contributed by atoms with E-state index in [1.165, 1.54) is 17.1 Å². The van der Waals surface area contributed by atoms with Gasteiger partial charge in [-0.05, 0) is 12.3 Å². The summed E-state index contributed by atoms with van der Waals surface area (Å²) in [6.45, 7) is 2.96. The largest absolute Gasteiger partial charge is 0.480 e. The van der Waals surface area contributed by atoms with E-state index < -0.39 is 5.97 Å². The van der Waals surface area contributed by atoms with Crippen molar-refractivity contribution in [3.05, 3.63) is 12.4 Å². The van der Waals surface area contributed by atoms with Crippen molar-refractivity contribution < 1.29 is 19.4 Å². The summed E-state index contributed by atoms with van der Waals surface area (Å²) in [4.78, 5) is 22.6. The first-order valence-electron chi connectivity index (χ1n) is 6.19. The lowest BCUT2D eigenvalue weighted by molar-refractivity contribution is -0.137. The molecule has 19 heavy (non-hydrogen) atoms. The van der Waals surface area contributed by atoms with Crippen LogP contribution in [0.2, 0.25) is 0 Å². The summed E-state index contributed by atoms with van der Waals surface area (Å²) in [5.74, 6) is -0.927. The third-order valence-corrected chi connectivity index (χ3v) is 3.18. The Hall–Kier alpha value is -1.89. The number of aliphatic carboxylic acids is 1. The summed E-state index contributed by atoms with van der Waals surface area (Å²) in [5, 5.41) is 15.3. The number of amides is 1. The van der Waals surface area contributed by atoms with Crippen LogP contribution in [0, 0.1) is 11.8 Å². The highest BCUT2D eigenvalue weighted by molar-refractivity contribution is 5.92. The fourth-order valence-electron chi connectivity index (χ4n) is 2.16. The van der Waals surface area contributed by atoms with Crippen LogP contribution in [0.4, 0.5) is 5.69 Å². The van der Waals surface area contributed by atoms with Crippen molar-refractivity contribution in [3.63, 3.8) is 0 Å². The molecule has 2 atom stereocenters. The normalized spacial score (nSPS) is 23.0. The van der Waals surface area contributed by atoms with E-state index in [1.807, 2.05) is 6.92 Å². The summed E-state index contributed by atoms with van der Waals surface area (Å²) >= 11 is 0. The molecule has 2 unspecified atom stereocenters. The molecule has 0 aromatic carbocycles. The van der Waals surface area contributed by atoms with Gasteiger partial charge in [-0.25, -0.2) is 0 Å². The van der Waals surface area contributed by atoms with Gasteiger partial charge in [0.25, 0.3) is 0 Å². The van der Waals surface area contributed by atoms with E-state index >= 15 is 0 Å². The van der Waals surface area contributed by atoms with E-state index in [9.17, 15) is 9.59 Å². The van der Waals surface area contributed by atoms with Gasteiger partial charge in [0.05, 0.1) is 11.9 Å². The first-order chi connectivity index (χ1) is 9.06. The first kappa shape index (κ1) is 13.5. The van der Waals surface area contributed by atoms with Crippen LogP contribution in [-0.4, -0.2) is 40.0 Å². The average molecular weight is 267 g/mol. The van der Waals surface area contributed by atoms with Gasteiger partial charge in [0.2, 0.25) is 5.91 Å². The lowest BCUT2D eigenvalue weighted by Gasteiger charge is -2.27. The topological polar surface area (TPSA) is 93.5 Å². The number of nitrogens with zero attached hydrogens (tertiary/aromatic N) is 2. The Labute approximate surface area is 110 Å². The quantitative estimate of drug-likeness (QED) is 0.832. The number of carboxylic acids is 1. The van der Waals surface area contributed by atoms with Crippen LogP contribution < -0.4 is 5.32 Å². The summed E-state index contributed by atoms with van der Waals surface area (Å²) in [6.07, 6.45) is 3.66. The van der Waals surface area contributed by atoms with E-state index in [0.717, 1.165) is 0 Å². The molecule has 1 fully saturated rings. The molecular formula is C12H17N3O4. The Bertz CT molecular complexity index is 471. The van der Waals surface area contributed by atoms with Crippen molar-refractivity contribution in [1.29, 1.82) is 0 Å². The lowest BCUT2D eigenvalue weighted by Crippen LogP contribution is -2.34. The minimum atomic E-state index is -0.973. The molecule has 0 bridgehead atoms. The zero-order chi connectivity index (χ0) is 13.8. The number of carboxylic acid groups (broad SMARTS) is 1. The number of ether oxygens (including phenoxy) is 1. The molecule has 1 aliphatic heterocycles. The van der Waals surface area contributed by atoms with E-state index in [0.29, 0.717) is 25.3 Å². The molecule has 1 aliphatic rings. The van der Waals surface area contributed by atoms with Crippen molar-refractivity contribution in [2.75, 3.05) is 18.5 Å². The molecule has 1 amide bonds. The number of nitrogens with one attached hydrogen (secondary N) is 1. The first-order valence-corrected chi connectivity index (χ1v) is 6.19. The molecule has 1 aromatic heterocycles. The zero-order valence-corrected chi connectivity index (χ0v) is 10.7. The molecular weight excluding hydrogens is 250 g/mol. The Morgan fingerprint density at radius 1 is 1.63 bits per heavy atom. The van der Waals surface area contributed by atoms with Gasteiger partial charge in [0.1, 0.15) is 6.54 Å². The molecule has 0 aliphatic carbocycles. The Kier molecular flexibility index (Phi) is 4.16. The van der Waals surface area contributed by atoms with Gasteiger partial charge < -0.3 is 15.2 Å². The molecule has 1 saturated heterocycles. The predicted octanol–water partition coefficient (Wildman–Crippen LogP) is 0.579. The second-order valence-corrected chi connectivity index (χ2v) is 4.76. The minimum Gasteiger partial charge on any atom is -0.480 e. The van der Waals surface area contributed by atoms with E-state index in [4.69, 9.17) is 9.84 Å². The fraction of sp³-hybridized carbons (Fsp3) is 0.583. The van der Waals surface area contributed by atoms with Crippen LogP contribution in [0.15, 0.2) is 12.4 Å². The van der Waals surface area contributed by atoms with Crippen LogP contribution in [0.1, 0.15) is 13.3 Å². The summed E-state index contributed by atoms with van der Waals surface area (Å²) in [5.41, 5.74) is 0.518. The average Bonchev–Trinajstić information content (AvgIpc) is 2.76. The number of carbonyl (C=O) groups excluding carboxylic acids is 1. The number of hydrogen-bond donors (Lipinski definition) is 2. The van der Waals surface area contributed by atoms with Gasteiger partial charge in [-0.1, -0.05) is 6.92 Å². The minimum absolute atomic E-state index is 0.0642. The molecule has 2 heterocycles. The van der Waals surface area contributed by atoms with Crippen LogP contribution in [0.25, 0.3) is 0 Å². The van der Waals surface area contributed by atoms with E-state index in [-0.39, 0.29) is 24.3 Å².